The summed E-state index contributed by atoms with van der Waals surface area (Å²) >= 11 is 11.2. The van der Waals surface area contributed by atoms with Gasteiger partial charge in [-0.2, -0.15) is 22.5 Å². The second kappa shape index (κ2) is 8.79. The molecular formula is C18H11Cl2F4N3O2. The van der Waals surface area contributed by atoms with Crippen LogP contribution in [-0.4, -0.2) is 21.6 Å². The highest BCUT2D eigenvalue weighted by Gasteiger charge is 2.33. The molecule has 0 aliphatic carbocycles. The van der Waals surface area contributed by atoms with Crippen LogP contribution in [0.25, 0.3) is 0 Å². The number of aromatic nitrogens is 3. The van der Waals surface area contributed by atoms with Gasteiger partial charge in [0.05, 0.1) is 23.4 Å². The predicted molar refractivity (Wildman–Crippen MR) is 97.0 cm³/mol. The molecule has 0 unspecified atom stereocenters. The zero-order valence-electron chi connectivity index (χ0n) is 14.4. The Morgan fingerprint density at radius 1 is 1.00 bits per heavy atom. The van der Waals surface area contributed by atoms with Gasteiger partial charge in [0.1, 0.15) is 5.75 Å². The first-order chi connectivity index (χ1) is 13.7. The summed E-state index contributed by atoms with van der Waals surface area (Å²) in [6, 6.07) is 6.34. The molecule has 0 saturated carbocycles. The smallest absolute Gasteiger partial charge is 0.417 e. The van der Waals surface area contributed by atoms with Crippen molar-refractivity contribution in [3.8, 4) is 17.5 Å². The quantitative estimate of drug-likeness (QED) is 0.355. The molecule has 0 spiro atoms. The number of hydrogen-bond donors (Lipinski definition) is 0. The molecule has 11 heteroatoms. The first-order valence-corrected chi connectivity index (χ1v) is 8.78. The maximum absolute atomic E-state index is 13.5. The Kier molecular flexibility index (Phi) is 6.39. The average Bonchev–Trinajstić information content (AvgIpc) is 2.66. The second-order valence-corrected chi connectivity index (χ2v) is 6.38. The van der Waals surface area contributed by atoms with Gasteiger partial charge in [-0.1, -0.05) is 17.7 Å². The monoisotopic (exact) mass is 447 g/mol. The van der Waals surface area contributed by atoms with Gasteiger partial charge < -0.3 is 9.47 Å². The molecule has 2 heterocycles. The van der Waals surface area contributed by atoms with E-state index in [0.717, 1.165) is 23.9 Å². The third-order valence-corrected chi connectivity index (χ3v) is 4.09. The zero-order chi connectivity index (χ0) is 21.0. The lowest BCUT2D eigenvalue weighted by Gasteiger charge is -2.11. The molecule has 0 N–H and O–H groups in total. The predicted octanol–water partition coefficient (Wildman–Crippen LogP) is 5.75. The lowest BCUT2D eigenvalue weighted by Crippen LogP contribution is -2.06. The molecule has 5 nitrogen and oxygen atoms in total. The fourth-order valence-corrected chi connectivity index (χ4v) is 2.57. The number of ether oxygens (including phenoxy) is 2. The summed E-state index contributed by atoms with van der Waals surface area (Å²) in [7, 11) is 0. The Morgan fingerprint density at radius 2 is 1.79 bits per heavy atom. The minimum Gasteiger partial charge on any atom is -0.475 e. The summed E-state index contributed by atoms with van der Waals surface area (Å²) in [6.45, 7) is 0.0955. The fraction of sp³-hybridized carbons (Fsp3) is 0.167. The molecule has 0 aliphatic heterocycles. The summed E-state index contributed by atoms with van der Waals surface area (Å²) in [5, 5.41) is -0.560. The molecule has 3 rings (SSSR count). The topological polar surface area (TPSA) is 57.1 Å². The maximum atomic E-state index is 13.5. The highest BCUT2D eigenvalue weighted by molar-refractivity contribution is 6.31. The first-order valence-electron chi connectivity index (χ1n) is 8.03. The lowest BCUT2D eigenvalue weighted by atomic mass is 10.2. The van der Waals surface area contributed by atoms with Crippen molar-refractivity contribution in [2.24, 2.45) is 0 Å². The van der Waals surface area contributed by atoms with E-state index in [1.165, 1.54) is 18.3 Å². The molecule has 152 valence electrons. The van der Waals surface area contributed by atoms with Crippen molar-refractivity contribution >= 4 is 23.2 Å². The van der Waals surface area contributed by atoms with Gasteiger partial charge in [0.15, 0.2) is 0 Å². The molecule has 0 amide bonds. The number of pyridine rings is 1. The number of nitrogens with zero attached hydrogens (tertiary/aromatic N) is 3. The largest absolute Gasteiger partial charge is 0.475 e. The van der Waals surface area contributed by atoms with E-state index >= 15 is 0 Å². The molecule has 3 aromatic rings. The van der Waals surface area contributed by atoms with Gasteiger partial charge in [0, 0.05) is 18.7 Å². The third kappa shape index (κ3) is 5.68. The van der Waals surface area contributed by atoms with E-state index in [2.05, 4.69) is 15.0 Å². The van der Waals surface area contributed by atoms with Gasteiger partial charge in [-0.05, 0) is 35.4 Å². The maximum Gasteiger partial charge on any atom is 0.417 e. The highest BCUT2D eigenvalue weighted by Crippen LogP contribution is 2.37. The minimum atomic E-state index is -4.60. The van der Waals surface area contributed by atoms with E-state index in [9.17, 15) is 17.6 Å². The van der Waals surface area contributed by atoms with E-state index in [1.807, 2.05) is 0 Å². The first kappa shape index (κ1) is 21.1. The van der Waals surface area contributed by atoms with E-state index < -0.39 is 22.6 Å². The molecule has 0 fully saturated rings. The van der Waals surface area contributed by atoms with Gasteiger partial charge in [-0.15, -0.1) is 0 Å². The molecule has 0 bridgehead atoms. The van der Waals surface area contributed by atoms with Gasteiger partial charge in [-0.3, -0.25) is 0 Å². The zero-order valence-corrected chi connectivity index (χ0v) is 15.9. The number of alkyl halides is 3. The van der Waals surface area contributed by atoms with Crippen LogP contribution >= 0.6 is 23.2 Å². The van der Waals surface area contributed by atoms with Gasteiger partial charge in [0.2, 0.25) is 17.0 Å². The number of halogens is 6. The van der Waals surface area contributed by atoms with Crippen LogP contribution in [0.1, 0.15) is 11.1 Å². The van der Waals surface area contributed by atoms with Crippen molar-refractivity contribution in [2.75, 3.05) is 6.61 Å². The number of rotatable bonds is 6. The van der Waals surface area contributed by atoms with Crippen LogP contribution < -0.4 is 9.47 Å². The van der Waals surface area contributed by atoms with E-state index in [0.29, 0.717) is 6.42 Å². The lowest BCUT2D eigenvalue weighted by molar-refractivity contribution is -0.137. The molecule has 2 aromatic heterocycles. The summed E-state index contributed by atoms with van der Waals surface area (Å²) in [5.41, 5.74) is -0.271. The summed E-state index contributed by atoms with van der Waals surface area (Å²) in [5.74, 6) is -0.959. The summed E-state index contributed by atoms with van der Waals surface area (Å²) in [6.07, 6.45) is -1.86. The Morgan fingerprint density at radius 3 is 2.48 bits per heavy atom. The van der Waals surface area contributed by atoms with Crippen molar-refractivity contribution in [1.82, 2.24) is 15.0 Å². The Hall–Kier alpha value is -2.65. The van der Waals surface area contributed by atoms with Crippen molar-refractivity contribution in [3.63, 3.8) is 0 Å². The van der Waals surface area contributed by atoms with Gasteiger partial charge in [-0.25, -0.2) is 9.97 Å². The Labute approximate surface area is 172 Å². The molecule has 0 aliphatic rings. The normalized spacial score (nSPS) is 11.4. The average molecular weight is 448 g/mol. The molecule has 29 heavy (non-hydrogen) atoms. The van der Waals surface area contributed by atoms with Crippen LogP contribution in [0.15, 0.2) is 42.7 Å². The van der Waals surface area contributed by atoms with Crippen LogP contribution in [0.3, 0.4) is 0 Å². The van der Waals surface area contributed by atoms with Crippen LogP contribution in [0.5, 0.6) is 17.5 Å². The van der Waals surface area contributed by atoms with Crippen molar-refractivity contribution in [2.45, 2.75) is 12.6 Å². The van der Waals surface area contributed by atoms with Crippen LogP contribution in [-0.2, 0) is 12.6 Å². The van der Waals surface area contributed by atoms with Crippen LogP contribution in [0, 0.1) is 5.82 Å². The second-order valence-electron chi connectivity index (χ2n) is 5.64. The van der Waals surface area contributed by atoms with E-state index in [-0.39, 0.29) is 29.4 Å². The van der Waals surface area contributed by atoms with E-state index in [1.54, 1.807) is 6.07 Å². The van der Waals surface area contributed by atoms with E-state index in [4.69, 9.17) is 32.7 Å². The Bertz CT molecular complexity index is 1000. The summed E-state index contributed by atoms with van der Waals surface area (Å²) < 4.78 is 62.7. The fourth-order valence-electron chi connectivity index (χ4n) is 2.22. The van der Waals surface area contributed by atoms with Crippen molar-refractivity contribution < 1.29 is 27.0 Å². The SMILES string of the molecule is Fc1cnc(Cl)nc1OCCc1ccc(Oc2ccc(Cl)c(C(F)(F)F)c2)nc1. The third-order valence-electron chi connectivity index (χ3n) is 3.58. The minimum absolute atomic E-state index is 0.0542. The van der Waals surface area contributed by atoms with Crippen LogP contribution in [0.4, 0.5) is 17.6 Å². The molecular weight excluding hydrogens is 437 g/mol. The van der Waals surface area contributed by atoms with Crippen LogP contribution in [0.2, 0.25) is 10.3 Å². The Balaban J connectivity index is 1.60. The van der Waals surface area contributed by atoms with Gasteiger partial charge in [0.25, 0.3) is 5.88 Å². The van der Waals surface area contributed by atoms with Crippen molar-refractivity contribution in [3.05, 3.63) is 70.0 Å². The standard InChI is InChI=1S/C18H11Cl2F4N3O2/c19-13-3-2-11(7-12(13)18(22,23)24)29-15-4-1-10(8-25-15)5-6-28-16-14(21)9-26-17(20)27-16/h1-4,7-9H,5-6H2. The molecule has 0 atom stereocenters. The molecule has 1 aromatic carbocycles. The molecule has 0 saturated heterocycles. The van der Waals surface area contributed by atoms with Gasteiger partial charge >= 0.3 is 6.18 Å². The number of benzene rings is 1. The summed E-state index contributed by atoms with van der Waals surface area (Å²) in [4.78, 5) is 11.1. The van der Waals surface area contributed by atoms with Crippen molar-refractivity contribution in [1.29, 1.82) is 0 Å². The highest BCUT2D eigenvalue weighted by atomic mass is 35.5. The molecule has 0 radical (unpaired) electrons. The number of hydrogen-bond acceptors (Lipinski definition) is 5.